The first-order valence-electron chi connectivity index (χ1n) is 11.6. The molecule has 2 unspecified atom stereocenters. The van der Waals surface area contributed by atoms with E-state index in [0.717, 1.165) is 45.0 Å². The van der Waals surface area contributed by atoms with Gasteiger partial charge in [-0.3, -0.25) is 9.80 Å². The van der Waals surface area contributed by atoms with E-state index in [9.17, 15) is 5.11 Å². The average Bonchev–Trinajstić information content (AvgIpc) is 2.76. The van der Waals surface area contributed by atoms with Crippen LogP contribution in [0.3, 0.4) is 0 Å². The van der Waals surface area contributed by atoms with Gasteiger partial charge in [-0.15, -0.1) is 10.7 Å². The van der Waals surface area contributed by atoms with Gasteiger partial charge in [-0.1, -0.05) is 35.7 Å². The molecule has 2 aromatic rings. The highest BCUT2D eigenvalue weighted by molar-refractivity contribution is 8.14. The predicted octanol–water partition coefficient (Wildman–Crippen LogP) is 3.93. The Morgan fingerprint density at radius 2 is 1.88 bits per heavy atom. The number of aromatic nitrogens is 1. The molecule has 2 aliphatic rings. The molecule has 0 saturated carbocycles. The predicted molar refractivity (Wildman–Crippen MR) is 138 cm³/mol. The summed E-state index contributed by atoms with van der Waals surface area (Å²) in [5.41, 5.74) is 3.55. The molecule has 2 aliphatic heterocycles. The van der Waals surface area contributed by atoms with Crippen LogP contribution in [0.1, 0.15) is 30.9 Å². The van der Waals surface area contributed by atoms with Crippen LogP contribution >= 0.6 is 10.7 Å². The third kappa shape index (κ3) is 5.63. The first-order chi connectivity index (χ1) is 15.4. The Balaban J connectivity index is 1.29. The summed E-state index contributed by atoms with van der Waals surface area (Å²) >= 11 is 0. The number of piperidine rings is 1. The molecular weight excluding hydrogens is 418 g/mol. The lowest BCUT2D eigenvalue weighted by atomic mass is 9.99. The van der Waals surface area contributed by atoms with Crippen LogP contribution in [-0.2, 0) is 6.54 Å². The first-order valence-corrected chi connectivity index (χ1v) is 13.4. The van der Waals surface area contributed by atoms with Crippen molar-refractivity contribution in [3.8, 4) is 5.75 Å². The van der Waals surface area contributed by atoms with E-state index in [1.165, 1.54) is 24.0 Å². The molecule has 1 aromatic heterocycles. The summed E-state index contributed by atoms with van der Waals surface area (Å²) < 4.78 is 3.22. The fourth-order valence-corrected chi connectivity index (χ4v) is 5.53. The van der Waals surface area contributed by atoms with Gasteiger partial charge in [0.2, 0.25) is 0 Å². The second-order valence-electron chi connectivity index (χ2n) is 9.33. The summed E-state index contributed by atoms with van der Waals surface area (Å²) in [4.78, 5) is 12.0. The second kappa shape index (κ2) is 10.2. The van der Waals surface area contributed by atoms with E-state index in [0.29, 0.717) is 17.9 Å². The molecule has 2 fully saturated rings. The fourth-order valence-electron chi connectivity index (χ4n) is 5.01. The molecule has 1 aromatic carbocycles. The van der Waals surface area contributed by atoms with Crippen LogP contribution in [0.4, 0.5) is 11.5 Å². The Morgan fingerprint density at radius 3 is 2.50 bits per heavy atom. The summed E-state index contributed by atoms with van der Waals surface area (Å²) in [6.07, 6.45) is 6.25. The van der Waals surface area contributed by atoms with E-state index in [2.05, 4.69) is 68.4 Å². The summed E-state index contributed by atoms with van der Waals surface area (Å²) in [6, 6.07) is 11.8. The number of anilines is 2. The Bertz CT molecular complexity index is 926. The number of rotatable bonds is 6. The minimum Gasteiger partial charge on any atom is -0.504 e. The molecule has 7 heteroatoms. The zero-order valence-corrected chi connectivity index (χ0v) is 20.4. The molecule has 32 heavy (non-hydrogen) atoms. The smallest absolute Gasteiger partial charge is 0.171 e. The largest absolute Gasteiger partial charge is 0.504 e. The molecule has 0 aliphatic carbocycles. The molecule has 4 rings (SSSR count). The van der Waals surface area contributed by atoms with Crippen molar-refractivity contribution in [2.45, 2.75) is 45.3 Å². The number of hydrogen-bond acceptors (Lipinski definition) is 6. The highest BCUT2D eigenvalue weighted by atomic mass is 32.2. The quantitative estimate of drug-likeness (QED) is 0.644. The highest BCUT2D eigenvalue weighted by Gasteiger charge is 2.32. The molecule has 0 radical (unpaired) electrons. The lowest BCUT2D eigenvalue weighted by Crippen LogP contribution is -2.57. The summed E-state index contributed by atoms with van der Waals surface area (Å²) in [7, 11) is -0.190. The van der Waals surface area contributed by atoms with Gasteiger partial charge < -0.3 is 14.7 Å². The molecule has 2 N–H and O–H groups in total. The number of aromatic hydroxyl groups is 1. The molecule has 6 nitrogen and oxygen atoms in total. The van der Waals surface area contributed by atoms with Crippen LogP contribution in [-0.4, -0.2) is 76.8 Å². The molecule has 3 heterocycles. The summed E-state index contributed by atoms with van der Waals surface area (Å²) in [6.45, 7) is 10.6. The molecule has 2 atom stereocenters. The van der Waals surface area contributed by atoms with Gasteiger partial charge in [0.15, 0.2) is 11.6 Å². The summed E-state index contributed by atoms with van der Waals surface area (Å²) in [5, 5.41) is 10.5. The van der Waals surface area contributed by atoms with E-state index in [1.54, 1.807) is 12.3 Å². The standard InChI is InChI=1S/C25H37N5OS/c1-19-5-7-21(8-6-19)18-28-11-9-23(10-12-28)30-14-13-29(17-20(30)2)25-24(31)15-22(16-26-25)27-32(3)4/h5-8,15-16,20,23,27,31H,3,9-14,17-18H2,1-2,4H3. The Hall–Kier alpha value is -2.09. The topological polar surface area (TPSA) is 54.9 Å². The summed E-state index contributed by atoms with van der Waals surface area (Å²) in [5.74, 6) is 4.89. The normalized spacial score (nSPS) is 22.1. The van der Waals surface area contributed by atoms with E-state index in [4.69, 9.17) is 0 Å². The van der Waals surface area contributed by atoms with E-state index in [1.807, 2.05) is 6.26 Å². The Morgan fingerprint density at radius 1 is 1.16 bits per heavy atom. The van der Waals surface area contributed by atoms with Crippen LogP contribution in [0.15, 0.2) is 36.5 Å². The maximum Gasteiger partial charge on any atom is 0.171 e. The number of benzene rings is 1. The monoisotopic (exact) mass is 455 g/mol. The number of nitrogens with one attached hydrogen (secondary N) is 1. The van der Waals surface area contributed by atoms with Crippen molar-refractivity contribution in [1.29, 1.82) is 0 Å². The SMILES string of the molecule is C=S(C)Nc1cnc(N2CCN(C3CCN(Cc4ccc(C)cc4)CC3)C(C)C2)c(O)c1. The first kappa shape index (κ1) is 23.1. The van der Waals surface area contributed by atoms with Crippen LogP contribution in [0.5, 0.6) is 5.75 Å². The molecule has 174 valence electrons. The molecule has 0 amide bonds. The van der Waals surface area contributed by atoms with Crippen LogP contribution < -0.4 is 9.62 Å². The maximum absolute atomic E-state index is 10.5. The van der Waals surface area contributed by atoms with Gasteiger partial charge in [-0.25, -0.2) is 4.98 Å². The number of nitrogens with zero attached hydrogens (tertiary/aromatic N) is 4. The van der Waals surface area contributed by atoms with Crippen LogP contribution in [0.25, 0.3) is 0 Å². The number of hydrogen-bond donors (Lipinski definition) is 2. The minimum absolute atomic E-state index is 0.190. The minimum atomic E-state index is -0.190. The number of piperazine rings is 1. The van der Waals surface area contributed by atoms with E-state index in [-0.39, 0.29) is 16.4 Å². The van der Waals surface area contributed by atoms with Gasteiger partial charge in [0, 0.05) is 44.3 Å². The van der Waals surface area contributed by atoms with Gasteiger partial charge in [-0.2, -0.15) is 0 Å². The van der Waals surface area contributed by atoms with Crippen molar-refractivity contribution in [3.63, 3.8) is 0 Å². The van der Waals surface area contributed by atoms with E-state index >= 15 is 0 Å². The van der Waals surface area contributed by atoms with Gasteiger partial charge >= 0.3 is 0 Å². The van der Waals surface area contributed by atoms with Crippen molar-refractivity contribution in [1.82, 2.24) is 14.8 Å². The van der Waals surface area contributed by atoms with Gasteiger partial charge in [0.05, 0.1) is 11.9 Å². The van der Waals surface area contributed by atoms with Gasteiger partial charge in [0.1, 0.15) is 0 Å². The lowest BCUT2D eigenvalue weighted by Gasteiger charge is -2.46. The third-order valence-electron chi connectivity index (χ3n) is 6.67. The number of aryl methyl sites for hydroxylation is 1. The van der Waals surface area contributed by atoms with Crippen molar-refractivity contribution >= 4 is 28.0 Å². The van der Waals surface area contributed by atoms with Crippen LogP contribution in [0.2, 0.25) is 0 Å². The fraction of sp³-hybridized carbons (Fsp3) is 0.520. The van der Waals surface area contributed by atoms with Crippen molar-refractivity contribution in [3.05, 3.63) is 47.7 Å². The second-order valence-corrected chi connectivity index (χ2v) is 10.8. The third-order valence-corrected chi connectivity index (χ3v) is 7.25. The van der Waals surface area contributed by atoms with Crippen molar-refractivity contribution < 1.29 is 5.11 Å². The Kier molecular flexibility index (Phi) is 7.38. The lowest BCUT2D eigenvalue weighted by molar-refractivity contribution is 0.0689. The van der Waals surface area contributed by atoms with Crippen molar-refractivity contribution in [2.24, 2.45) is 0 Å². The zero-order chi connectivity index (χ0) is 22.7. The number of pyridine rings is 1. The van der Waals surface area contributed by atoms with Crippen molar-refractivity contribution in [2.75, 3.05) is 48.6 Å². The van der Waals surface area contributed by atoms with E-state index < -0.39 is 0 Å². The molecule has 0 spiro atoms. The van der Waals surface area contributed by atoms with Gasteiger partial charge in [-0.05, 0) is 51.6 Å². The molecule has 2 saturated heterocycles. The zero-order valence-electron chi connectivity index (χ0n) is 19.6. The maximum atomic E-state index is 10.5. The highest BCUT2D eigenvalue weighted by Crippen LogP contribution is 2.31. The molecular formula is C25H37N5OS. The average molecular weight is 456 g/mol. The number of likely N-dealkylation sites (tertiary alicyclic amines) is 1. The van der Waals surface area contributed by atoms with Crippen LogP contribution in [0, 0.1) is 6.92 Å². The molecule has 0 bridgehead atoms. The van der Waals surface area contributed by atoms with Gasteiger partial charge in [0.25, 0.3) is 0 Å². The Labute approximate surface area is 195 Å².